The number of rotatable bonds is 25. The number of methoxy groups -OCH3 is 3. The quantitative estimate of drug-likeness (QED) is 0.0306. The van der Waals surface area contributed by atoms with Crippen molar-refractivity contribution in [2.45, 2.75) is 124 Å². The van der Waals surface area contributed by atoms with Gasteiger partial charge in [0.2, 0.25) is 0 Å². The van der Waals surface area contributed by atoms with Crippen molar-refractivity contribution in [3.8, 4) is 17.2 Å². The van der Waals surface area contributed by atoms with Crippen molar-refractivity contribution in [3.05, 3.63) is 150 Å². The second kappa shape index (κ2) is 29.0. The lowest BCUT2D eigenvalue weighted by atomic mass is 9.96. The molecule has 17 nitrogen and oxygen atoms in total. The first kappa shape index (κ1) is 58.5. The molecule has 2 saturated heterocycles. The molecule has 2 aliphatic heterocycles. The van der Waals surface area contributed by atoms with Gasteiger partial charge in [-0.05, 0) is 35.7 Å². The minimum atomic E-state index is -1.57. The Kier molecular flexibility index (Phi) is 22.0. The minimum Gasteiger partial charge on any atom is -0.496 e. The van der Waals surface area contributed by atoms with E-state index in [1.165, 1.54) is 65.4 Å². The van der Waals surface area contributed by atoms with Crippen LogP contribution >= 0.6 is 23.5 Å². The number of hydrogen-bond acceptors (Lipinski definition) is 19. The maximum absolute atomic E-state index is 13.4. The Morgan fingerprint density at radius 3 is 1.53 bits per heavy atom. The zero-order valence-electron chi connectivity index (χ0n) is 44.3. The SMILES string of the molecule is COc1cc(OC)c(SC[C@@H](O[C@H]2[C@@H](O[C@H]3[C@H](OC(C)=O)[C@@H](OC(C)=O)[C@H](Sc4ccc(C)cc4)O[C@@H]3COCc3ccccc3)O[C@H](COCc3ccccc3)[C@@H](OC(C)=O)[C@@H]2OC(C)=O)c2ccccc2)c(OC)c1. The number of thioether (sulfide) groups is 2. The van der Waals surface area contributed by atoms with Crippen LogP contribution in [-0.4, -0.2) is 125 Å². The van der Waals surface area contributed by atoms with Gasteiger partial charge in [0.25, 0.3) is 0 Å². The molecule has 0 aromatic heterocycles. The molecule has 5 aromatic carbocycles. The Labute approximate surface area is 457 Å². The van der Waals surface area contributed by atoms with Gasteiger partial charge in [0.1, 0.15) is 47.1 Å². The van der Waals surface area contributed by atoms with Gasteiger partial charge in [0, 0.05) is 50.5 Å². The molecule has 2 fully saturated rings. The predicted octanol–water partition coefficient (Wildman–Crippen LogP) is 9.03. The molecule has 11 atom stereocenters. The Morgan fingerprint density at radius 2 is 1.03 bits per heavy atom. The molecule has 5 aromatic rings. The highest BCUT2D eigenvalue weighted by molar-refractivity contribution is 8.00. The fraction of sp³-hybridized carbons (Fsp3) is 0.414. The van der Waals surface area contributed by atoms with Crippen molar-refractivity contribution in [2.24, 2.45) is 0 Å². The van der Waals surface area contributed by atoms with Crippen LogP contribution in [0.5, 0.6) is 17.2 Å². The molecule has 19 heteroatoms. The van der Waals surface area contributed by atoms with Gasteiger partial charge in [0.05, 0.1) is 58.8 Å². The highest BCUT2D eigenvalue weighted by Gasteiger charge is 2.57. The van der Waals surface area contributed by atoms with Crippen molar-refractivity contribution < 1.29 is 80.8 Å². The van der Waals surface area contributed by atoms with Crippen molar-refractivity contribution in [3.63, 3.8) is 0 Å². The molecule has 0 spiro atoms. The third kappa shape index (κ3) is 16.7. The van der Waals surface area contributed by atoms with E-state index in [-0.39, 0.29) is 32.2 Å². The van der Waals surface area contributed by atoms with Gasteiger partial charge < -0.3 is 61.6 Å². The summed E-state index contributed by atoms with van der Waals surface area (Å²) in [6, 6.07) is 39.4. The third-order valence-corrected chi connectivity index (χ3v) is 14.6. The van der Waals surface area contributed by atoms with Crippen molar-refractivity contribution >= 4 is 47.4 Å². The maximum Gasteiger partial charge on any atom is 0.303 e. The van der Waals surface area contributed by atoms with Crippen LogP contribution in [0.15, 0.2) is 137 Å². The minimum absolute atomic E-state index is 0.130. The molecule has 0 amide bonds. The number of carbonyl (C=O) groups excluding carboxylic acids is 4. The van der Waals surface area contributed by atoms with Gasteiger partial charge in [-0.3, -0.25) is 19.2 Å². The van der Waals surface area contributed by atoms with Crippen LogP contribution < -0.4 is 14.2 Å². The summed E-state index contributed by atoms with van der Waals surface area (Å²) in [4.78, 5) is 54.5. The summed E-state index contributed by atoms with van der Waals surface area (Å²) in [5.41, 5.74) is 2.48. The number of aryl methyl sites for hydroxylation is 1. The Bertz CT molecular complexity index is 2640. The van der Waals surface area contributed by atoms with E-state index in [2.05, 4.69) is 0 Å². The monoisotopic (exact) mass is 1100 g/mol. The van der Waals surface area contributed by atoms with Crippen LogP contribution in [0.2, 0.25) is 0 Å². The van der Waals surface area contributed by atoms with E-state index in [1.807, 2.05) is 122 Å². The van der Waals surface area contributed by atoms with E-state index in [1.54, 1.807) is 19.2 Å². The van der Waals surface area contributed by atoms with E-state index >= 15 is 0 Å². The van der Waals surface area contributed by atoms with E-state index in [0.717, 1.165) is 21.6 Å². The average molecular weight is 1100 g/mol. The van der Waals surface area contributed by atoms with Gasteiger partial charge in [-0.1, -0.05) is 120 Å². The molecule has 2 heterocycles. The van der Waals surface area contributed by atoms with E-state index in [0.29, 0.717) is 27.7 Å². The average Bonchev–Trinajstić information content (AvgIpc) is 3.42. The van der Waals surface area contributed by atoms with Crippen molar-refractivity contribution in [2.75, 3.05) is 40.3 Å². The summed E-state index contributed by atoms with van der Waals surface area (Å²) in [6.07, 6.45) is -12.9. The molecule has 0 N–H and O–H groups in total. The number of benzene rings is 5. The number of hydrogen-bond donors (Lipinski definition) is 0. The first-order chi connectivity index (χ1) is 37.2. The molecule has 0 radical (unpaired) electrons. The molecular formula is C58H66O17S2. The zero-order chi connectivity index (χ0) is 54.8. The van der Waals surface area contributed by atoms with E-state index in [4.69, 9.17) is 61.6 Å². The summed E-state index contributed by atoms with van der Waals surface area (Å²) in [7, 11) is 4.62. The lowest BCUT2D eigenvalue weighted by Gasteiger charge is -2.49. The topological polar surface area (TPSA) is 188 Å². The smallest absolute Gasteiger partial charge is 0.303 e. The molecule has 7 rings (SSSR count). The first-order valence-corrected chi connectivity index (χ1v) is 26.8. The van der Waals surface area contributed by atoms with E-state index < -0.39 is 90.5 Å². The van der Waals surface area contributed by atoms with Gasteiger partial charge >= 0.3 is 23.9 Å². The van der Waals surface area contributed by atoms with Crippen LogP contribution in [0.25, 0.3) is 0 Å². The van der Waals surface area contributed by atoms with Crippen molar-refractivity contribution in [1.82, 2.24) is 0 Å². The summed E-state index contributed by atoms with van der Waals surface area (Å²) < 4.78 is 82.5. The molecule has 77 heavy (non-hydrogen) atoms. The normalized spacial score (nSPS) is 23.4. The van der Waals surface area contributed by atoms with Gasteiger partial charge in [-0.2, -0.15) is 0 Å². The molecular weight excluding hydrogens is 1030 g/mol. The number of ether oxygens (including phenoxy) is 13. The van der Waals surface area contributed by atoms with Crippen LogP contribution in [0.1, 0.15) is 56.1 Å². The second-order valence-electron chi connectivity index (χ2n) is 18.1. The lowest BCUT2D eigenvalue weighted by Crippen LogP contribution is -2.66. The standard InChI is InChI=1S/C58H66O17S2/c1-35-24-26-44(27-25-35)77-58-55(71-39(5)62)53(70-38(4)61)51(48(74-58)33-67-31-41-20-14-10-15-21-41)75-57-54(52(69-37(3)60)50(68-36(2)59)47(73-57)32-66-30-40-18-12-9-13-19-40)72-49(42-22-16-11-17-23-42)34-76-56-45(64-7)28-43(63-6)29-46(56)65-8/h9-29,47-55,57-58H,30-34H2,1-8H3/t47-,48-,49-,50-,51-,52+,53+,54-,55-,57-,58+/m1/s1. The second-order valence-corrected chi connectivity index (χ2v) is 20.3. The highest BCUT2D eigenvalue weighted by atomic mass is 32.2. The fourth-order valence-corrected chi connectivity index (χ4v) is 11.1. The van der Waals surface area contributed by atoms with Crippen LogP contribution in [0.3, 0.4) is 0 Å². The largest absolute Gasteiger partial charge is 0.496 e. The summed E-state index contributed by atoms with van der Waals surface area (Å²) in [5, 5.41) is 0. The molecule has 0 aliphatic carbocycles. The van der Waals surface area contributed by atoms with Crippen LogP contribution in [0, 0.1) is 6.92 Å². The highest BCUT2D eigenvalue weighted by Crippen LogP contribution is 2.45. The van der Waals surface area contributed by atoms with E-state index in [9.17, 15) is 19.2 Å². The van der Waals surface area contributed by atoms with Crippen molar-refractivity contribution in [1.29, 1.82) is 0 Å². The third-order valence-electron chi connectivity index (χ3n) is 12.3. The van der Waals surface area contributed by atoms with Gasteiger partial charge in [0.15, 0.2) is 30.7 Å². The lowest BCUT2D eigenvalue weighted by molar-refractivity contribution is -0.351. The molecule has 0 bridgehead atoms. The fourth-order valence-electron chi connectivity index (χ4n) is 8.83. The number of carbonyl (C=O) groups is 4. The summed E-state index contributed by atoms with van der Waals surface area (Å²) in [6.45, 7) is 6.88. The number of esters is 4. The Balaban J connectivity index is 1.35. The van der Waals surface area contributed by atoms with Crippen LogP contribution in [0.4, 0.5) is 0 Å². The molecule has 0 unspecified atom stereocenters. The molecule has 2 aliphatic rings. The Morgan fingerprint density at radius 1 is 0.545 bits per heavy atom. The van der Waals surface area contributed by atoms with Crippen LogP contribution in [-0.2, 0) is 79.8 Å². The summed E-state index contributed by atoms with van der Waals surface area (Å²) >= 11 is 2.63. The van der Waals surface area contributed by atoms with Gasteiger partial charge in [-0.25, -0.2) is 0 Å². The molecule has 412 valence electrons. The predicted molar refractivity (Wildman–Crippen MR) is 285 cm³/mol. The first-order valence-electron chi connectivity index (χ1n) is 25.0. The maximum atomic E-state index is 13.4. The van der Waals surface area contributed by atoms with Gasteiger partial charge in [-0.15, -0.1) is 11.8 Å². The molecule has 0 saturated carbocycles. The zero-order valence-corrected chi connectivity index (χ0v) is 45.9. The summed E-state index contributed by atoms with van der Waals surface area (Å²) in [5.74, 6) is -1.19. The Hall–Kier alpha value is -6.16.